The summed E-state index contributed by atoms with van der Waals surface area (Å²) in [5.74, 6) is 0. The summed E-state index contributed by atoms with van der Waals surface area (Å²) in [6.07, 6.45) is 2.36. The molecule has 4 heteroatoms. The smallest absolute Gasteiger partial charge is 0.112 e. The molecular weight excluding hydrogens is 226 g/mol. The highest BCUT2D eigenvalue weighted by Gasteiger charge is 2.13. The number of rotatable bonds is 5. The second-order valence-corrected chi connectivity index (χ2v) is 4.22. The van der Waals surface area contributed by atoms with Gasteiger partial charge in [-0.1, -0.05) is 37.3 Å². The van der Waals surface area contributed by atoms with Crippen LogP contribution in [-0.4, -0.2) is 20.1 Å². The molecule has 2 aromatic rings. The van der Waals surface area contributed by atoms with Gasteiger partial charge in [0.15, 0.2) is 0 Å². The van der Waals surface area contributed by atoms with Gasteiger partial charge in [0.1, 0.15) is 11.8 Å². The van der Waals surface area contributed by atoms with Crippen molar-refractivity contribution in [3.05, 3.63) is 54.4 Å². The molecule has 0 amide bonds. The molecule has 1 unspecified atom stereocenters. The van der Waals surface area contributed by atoms with Gasteiger partial charge in [-0.05, 0) is 25.0 Å². The molecule has 0 spiro atoms. The minimum Gasteiger partial charge on any atom is -0.386 e. The Balaban J connectivity index is 2.13. The number of nitrogens with zero attached hydrogens (tertiary/aromatic N) is 3. The van der Waals surface area contributed by atoms with E-state index in [-0.39, 0.29) is 0 Å². The summed E-state index contributed by atoms with van der Waals surface area (Å²) in [5.41, 5.74) is 2.47. The molecule has 18 heavy (non-hydrogen) atoms. The van der Waals surface area contributed by atoms with Crippen molar-refractivity contribution >= 4 is 0 Å². The average molecular weight is 243 g/mol. The van der Waals surface area contributed by atoms with Crippen LogP contribution in [0.25, 0.3) is 5.69 Å². The van der Waals surface area contributed by atoms with Crippen LogP contribution < -0.4 is 0 Å². The van der Waals surface area contributed by atoms with Crippen LogP contribution >= 0.6 is 0 Å². The van der Waals surface area contributed by atoms with Crippen molar-refractivity contribution in [2.24, 2.45) is 0 Å². The van der Waals surface area contributed by atoms with Crippen LogP contribution in [-0.2, 0) is 0 Å². The number of para-hydroxylation sites is 1. The highest BCUT2D eigenvalue weighted by Crippen LogP contribution is 2.19. The van der Waals surface area contributed by atoms with Crippen LogP contribution in [0.5, 0.6) is 0 Å². The van der Waals surface area contributed by atoms with Crippen molar-refractivity contribution in [2.75, 3.05) is 0 Å². The van der Waals surface area contributed by atoms with Gasteiger partial charge in [-0.15, -0.1) is 0 Å². The summed E-state index contributed by atoms with van der Waals surface area (Å²) >= 11 is 0. The Kier molecular flexibility index (Phi) is 3.89. The van der Waals surface area contributed by atoms with Gasteiger partial charge in [-0.2, -0.15) is 15.0 Å². The Morgan fingerprint density at radius 1 is 1.39 bits per heavy atom. The molecule has 94 valence electrons. The molecule has 2 rings (SSSR count). The van der Waals surface area contributed by atoms with E-state index in [1.165, 1.54) is 4.80 Å². The Morgan fingerprint density at radius 2 is 2.11 bits per heavy atom. The van der Waals surface area contributed by atoms with E-state index in [1.54, 1.807) is 6.20 Å². The molecule has 0 aliphatic heterocycles. The maximum Gasteiger partial charge on any atom is 0.112 e. The normalized spacial score (nSPS) is 12.3. The predicted molar refractivity (Wildman–Crippen MR) is 70.4 cm³/mol. The van der Waals surface area contributed by atoms with Gasteiger partial charge < -0.3 is 5.11 Å². The summed E-state index contributed by atoms with van der Waals surface area (Å²) in [5, 5.41) is 18.4. The lowest BCUT2D eigenvalue weighted by Gasteiger charge is -2.07. The maximum absolute atomic E-state index is 10.0. The molecule has 0 bridgehead atoms. The van der Waals surface area contributed by atoms with Crippen LogP contribution in [0.1, 0.15) is 31.6 Å². The first-order valence-corrected chi connectivity index (χ1v) is 6.03. The SMILES string of the molecule is C=C(CC)CC(O)c1cnn(-c2ccccc2)n1. The predicted octanol–water partition coefficient (Wildman–Crippen LogP) is 2.66. The average Bonchev–Trinajstić information content (AvgIpc) is 2.89. The molecule has 1 aromatic carbocycles. The summed E-state index contributed by atoms with van der Waals surface area (Å²) < 4.78 is 0. The van der Waals surface area contributed by atoms with Crippen LogP contribution in [0.3, 0.4) is 0 Å². The molecule has 0 aliphatic carbocycles. The highest BCUT2D eigenvalue weighted by molar-refractivity contribution is 5.28. The fourth-order valence-corrected chi connectivity index (χ4v) is 1.64. The third kappa shape index (κ3) is 2.84. The zero-order valence-corrected chi connectivity index (χ0v) is 10.5. The molecule has 1 atom stereocenters. The standard InChI is InChI=1S/C14H17N3O/c1-3-11(2)9-14(18)13-10-15-17(16-13)12-7-5-4-6-8-12/h4-8,10,14,18H,2-3,9H2,1H3. The quantitative estimate of drug-likeness (QED) is 0.821. The second kappa shape index (κ2) is 5.60. The number of aliphatic hydroxyl groups is 1. The molecule has 1 aromatic heterocycles. The largest absolute Gasteiger partial charge is 0.386 e. The number of benzene rings is 1. The van der Waals surface area contributed by atoms with E-state index in [4.69, 9.17) is 0 Å². The van der Waals surface area contributed by atoms with Crippen molar-refractivity contribution in [3.63, 3.8) is 0 Å². The molecule has 4 nitrogen and oxygen atoms in total. The summed E-state index contributed by atoms with van der Waals surface area (Å²) in [6.45, 7) is 5.91. The Hall–Kier alpha value is -1.94. The van der Waals surface area contributed by atoms with Gasteiger partial charge in [0.05, 0.1) is 11.9 Å². The molecule has 0 saturated carbocycles. The van der Waals surface area contributed by atoms with Crippen LogP contribution in [0.15, 0.2) is 48.7 Å². The third-order valence-electron chi connectivity index (χ3n) is 2.82. The van der Waals surface area contributed by atoms with Crippen molar-refractivity contribution in [1.29, 1.82) is 0 Å². The van der Waals surface area contributed by atoms with Gasteiger partial charge in [-0.25, -0.2) is 0 Å². The lowest BCUT2D eigenvalue weighted by atomic mass is 10.1. The van der Waals surface area contributed by atoms with Crippen molar-refractivity contribution in [3.8, 4) is 5.69 Å². The van der Waals surface area contributed by atoms with E-state index < -0.39 is 6.10 Å². The molecule has 1 heterocycles. The van der Waals surface area contributed by atoms with Gasteiger partial charge >= 0.3 is 0 Å². The highest BCUT2D eigenvalue weighted by atomic mass is 16.3. The fourth-order valence-electron chi connectivity index (χ4n) is 1.64. The number of aliphatic hydroxyl groups excluding tert-OH is 1. The molecule has 0 saturated heterocycles. The van der Waals surface area contributed by atoms with Gasteiger partial charge in [0.2, 0.25) is 0 Å². The first-order chi connectivity index (χ1) is 8.70. The lowest BCUT2D eigenvalue weighted by Crippen LogP contribution is -2.02. The van der Waals surface area contributed by atoms with Crippen LogP contribution in [0.2, 0.25) is 0 Å². The van der Waals surface area contributed by atoms with Crippen LogP contribution in [0, 0.1) is 0 Å². The Bertz CT molecular complexity index is 519. The van der Waals surface area contributed by atoms with Gasteiger partial charge in [-0.3, -0.25) is 0 Å². The van der Waals surface area contributed by atoms with Crippen molar-refractivity contribution in [1.82, 2.24) is 15.0 Å². The monoisotopic (exact) mass is 243 g/mol. The zero-order valence-electron chi connectivity index (χ0n) is 10.5. The van der Waals surface area contributed by atoms with E-state index in [1.807, 2.05) is 37.3 Å². The first-order valence-electron chi connectivity index (χ1n) is 6.03. The lowest BCUT2D eigenvalue weighted by molar-refractivity contribution is 0.172. The molecule has 0 radical (unpaired) electrons. The molecule has 1 N–H and O–H groups in total. The van der Waals surface area contributed by atoms with Crippen molar-refractivity contribution < 1.29 is 5.11 Å². The Morgan fingerprint density at radius 3 is 2.78 bits per heavy atom. The van der Waals surface area contributed by atoms with E-state index in [0.29, 0.717) is 12.1 Å². The van der Waals surface area contributed by atoms with Crippen LogP contribution in [0.4, 0.5) is 0 Å². The van der Waals surface area contributed by atoms with E-state index >= 15 is 0 Å². The molecular formula is C14H17N3O. The van der Waals surface area contributed by atoms with E-state index in [0.717, 1.165) is 17.7 Å². The topological polar surface area (TPSA) is 50.9 Å². The summed E-state index contributed by atoms with van der Waals surface area (Å²) in [7, 11) is 0. The second-order valence-electron chi connectivity index (χ2n) is 4.22. The minimum absolute atomic E-state index is 0.532. The number of aromatic nitrogens is 3. The number of hydrogen-bond donors (Lipinski definition) is 1. The van der Waals surface area contributed by atoms with E-state index in [2.05, 4.69) is 16.8 Å². The minimum atomic E-state index is -0.630. The Labute approximate surface area is 107 Å². The fraction of sp³-hybridized carbons (Fsp3) is 0.286. The molecule has 0 fully saturated rings. The van der Waals surface area contributed by atoms with Crippen molar-refractivity contribution in [2.45, 2.75) is 25.9 Å². The van der Waals surface area contributed by atoms with Gasteiger partial charge in [0.25, 0.3) is 0 Å². The maximum atomic E-state index is 10.0. The third-order valence-corrected chi connectivity index (χ3v) is 2.82. The summed E-state index contributed by atoms with van der Waals surface area (Å²) in [4.78, 5) is 1.52. The number of hydrogen-bond acceptors (Lipinski definition) is 3. The molecule has 0 aliphatic rings. The van der Waals surface area contributed by atoms with Gasteiger partial charge in [0, 0.05) is 0 Å². The zero-order chi connectivity index (χ0) is 13.0. The summed E-state index contributed by atoms with van der Waals surface area (Å²) in [6, 6.07) is 9.62. The van der Waals surface area contributed by atoms with E-state index in [9.17, 15) is 5.11 Å². The first kappa shape index (κ1) is 12.5.